The molecule has 0 unspecified atom stereocenters. The van der Waals surface area contributed by atoms with Gasteiger partial charge in [-0.2, -0.15) is 0 Å². The van der Waals surface area contributed by atoms with Crippen LogP contribution in [0.25, 0.3) is 0 Å². The van der Waals surface area contributed by atoms with Gasteiger partial charge in [0.25, 0.3) is 0 Å². The van der Waals surface area contributed by atoms with E-state index in [4.69, 9.17) is 5.73 Å². The molecule has 0 spiro atoms. The van der Waals surface area contributed by atoms with Crippen molar-refractivity contribution in [3.8, 4) is 0 Å². The highest BCUT2D eigenvalue weighted by molar-refractivity contribution is 5.85. The van der Waals surface area contributed by atoms with Gasteiger partial charge in [-0.15, -0.1) is 12.4 Å². The molecule has 0 atom stereocenters. The molecule has 3 nitrogen and oxygen atoms in total. The minimum atomic E-state index is 0. The minimum Gasteiger partial charge on any atom is -0.342 e. The van der Waals surface area contributed by atoms with Crippen molar-refractivity contribution in [2.45, 2.75) is 38.1 Å². The molecular formula is C9H19ClN2O. The second kappa shape index (κ2) is 6.22. The molecule has 0 aromatic carbocycles. The average Bonchev–Trinajstić information content (AvgIpc) is 2.17. The van der Waals surface area contributed by atoms with Gasteiger partial charge in [-0.05, 0) is 12.8 Å². The number of carbonyl (C=O) groups is 1. The first-order chi connectivity index (χ1) is 5.75. The van der Waals surface area contributed by atoms with E-state index in [2.05, 4.69) is 0 Å². The summed E-state index contributed by atoms with van der Waals surface area (Å²) in [6, 6.07) is 0.454. The van der Waals surface area contributed by atoms with Crippen LogP contribution in [0.15, 0.2) is 0 Å². The molecule has 1 fully saturated rings. The molecule has 0 saturated heterocycles. The van der Waals surface area contributed by atoms with Crippen molar-refractivity contribution in [3.63, 3.8) is 0 Å². The van der Waals surface area contributed by atoms with Crippen molar-refractivity contribution in [3.05, 3.63) is 0 Å². The van der Waals surface area contributed by atoms with Gasteiger partial charge >= 0.3 is 0 Å². The zero-order valence-electron chi connectivity index (χ0n) is 8.16. The van der Waals surface area contributed by atoms with E-state index in [9.17, 15) is 4.79 Å². The fourth-order valence-electron chi connectivity index (χ4n) is 1.82. The highest BCUT2D eigenvalue weighted by Crippen LogP contribution is 2.21. The van der Waals surface area contributed by atoms with Gasteiger partial charge in [-0.1, -0.05) is 19.3 Å². The van der Waals surface area contributed by atoms with E-state index in [-0.39, 0.29) is 24.9 Å². The summed E-state index contributed by atoms with van der Waals surface area (Å²) in [5.74, 6) is 0.0712. The maximum Gasteiger partial charge on any atom is 0.236 e. The lowest BCUT2D eigenvalue weighted by Gasteiger charge is -2.30. The Balaban J connectivity index is 0.00000144. The summed E-state index contributed by atoms with van der Waals surface area (Å²) in [5.41, 5.74) is 5.29. The number of carbonyl (C=O) groups excluding carboxylic acids is 1. The number of rotatable bonds is 2. The van der Waals surface area contributed by atoms with E-state index < -0.39 is 0 Å². The Morgan fingerprint density at radius 3 is 2.38 bits per heavy atom. The summed E-state index contributed by atoms with van der Waals surface area (Å²) in [4.78, 5) is 13.0. The zero-order chi connectivity index (χ0) is 8.97. The van der Waals surface area contributed by atoms with E-state index in [1.807, 2.05) is 11.9 Å². The number of amides is 1. The highest BCUT2D eigenvalue weighted by Gasteiger charge is 2.20. The molecule has 1 amide bonds. The topological polar surface area (TPSA) is 46.3 Å². The van der Waals surface area contributed by atoms with E-state index in [1.165, 1.54) is 19.3 Å². The minimum absolute atomic E-state index is 0. The smallest absolute Gasteiger partial charge is 0.236 e. The Hall–Kier alpha value is -0.280. The third kappa shape index (κ3) is 3.53. The quantitative estimate of drug-likeness (QED) is 0.737. The molecule has 1 rings (SSSR count). The largest absolute Gasteiger partial charge is 0.342 e. The molecule has 0 bridgehead atoms. The average molecular weight is 207 g/mol. The van der Waals surface area contributed by atoms with Gasteiger partial charge < -0.3 is 10.6 Å². The van der Waals surface area contributed by atoms with Gasteiger partial charge in [0.05, 0.1) is 6.54 Å². The van der Waals surface area contributed by atoms with Crippen molar-refractivity contribution in [2.24, 2.45) is 5.73 Å². The SMILES string of the molecule is CN(C(=O)CN)C1CCCCC1.Cl. The van der Waals surface area contributed by atoms with E-state index in [1.54, 1.807) is 0 Å². The second-order valence-electron chi connectivity index (χ2n) is 3.50. The summed E-state index contributed by atoms with van der Waals surface area (Å²) in [6.45, 7) is 0.146. The fourth-order valence-corrected chi connectivity index (χ4v) is 1.82. The normalized spacial score (nSPS) is 17.7. The van der Waals surface area contributed by atoms with Crippen LogP contribution in [0.1, 0.15) is 32.1 Å². The van der Waals surface area contributed by atoms with E-state index >= 15 is 0 Å². The number of nitrogens with two attached hydrogens (primary N) is 1. The molecule has 0 radical (unpaired) electrons. The molecule has 0 aromatic rings. The zero-order valence-corrected chi connectivity index (χ0v) is 8.98. The van der Waals surface area contributed by atoms with Gasteiger partial charge in [0.15, 0.2) is 0 Å². The lowest BCUT2D eigenvalue weighted by molar-refractivity contribution is -0.131. The summed E-state index contributed by atoms with van der Waals surface area (Å²) in [6.07, 6.45) is 6.14. The molecule has 78 valence electrons. The van der Waals surface area contributed by atoms with Crippen molar-refractivity contribution in [1.29, 1.82) is 0 Å². The van der Waals surface area contributed by atoms with E-state index in [0.29, 0.717) is 6.04 Å². The summed E-state index contributed by atoms with van der Waals surface area (Å²) in [7, 11) is 1.87. The Morgan fingerprint density at radius 1 is 1.38 bits per heavy atom. The number of hydrogen-bond acceptors (Lipinski definition) is 2. The summed E-state index contributed by atoms with van der Waals surface area (Å²) < 4.78 is 0. The van der Waals surface area contributed by atoms with Crippen molar-refractivity contribution < 1.29 is 4.79 Å². The first-order valence-electron chi connectivity index (χ1n) is 4.71. The highest BCUT2D eigenvalue weighted by atomic mass is 35.5. The molecule has 1 saturated carbocycles. The fraction of sp³-hybridized carbons (Fsp3) is 0.889. The van der Waals surface area contributed by atoms with Crippen LogP contribution in [-0.4, -0.2) is 30.4 Å². The molecular weight excluding hydrogens is 188 g/mol. The predicted octanol–water partition coefficient (Wildman–Crippen LogP) is 1.16. The van der Waals surface area contributed by atoms with Gasteiger partial charge in [-0.25, -0.2) is 0 Å². The lowest BCUT2D eigenvalue weighted by Crippen LogP contribution is -2.41. The van der Waals surface area contributed by atoms with Gasteiger partial charge in [0.1, 0.15) is 0 Å². The van der Waals surface area contributed by atoms with E-state index in [0.717, 1.165) is 12.8 Å². The van der Waals surface area contributed by atoms with Crippen LogP contribution in [0.4, 0.5) is 0 Å². The van der Waals surface area contributed by atoms with Gasteiger partial charge in [0, 0.05) is 13.1 Å². The first-order valence-corrected chi connectivity index (χ1v) is 4.71. The molecule has 13 heavy (non-hydrogen) atoms. The summed E-state index contributed by atoms with van der Waals surface area (Å²) >= 11 is 0. The van der Waals surface area contributed by atoms with Crippen molar-refractivity contribution in [1.82, 2.24) is 4.90 Å². The molecule has 2 N–H and O–H groups in total. The Kier molecular flexibility index (Phi) is 6.08. The maximum absolute atomic E-state index is 11.2. The third-order valence-electron chi connectivity index (χ3n) is 2.69. The number of likely N-dealkylation sites (N-methyl/N-ethyl adjacent to an activating group) is 1. The van der Waals surface area contributed by atoms with Crippen LogP contribution < -0.4 is 5.73 Å². The third-order valence-corrected chi connectivity index (χ3v) is 2.69. The first kappa shape index (κ1) is 12.7. The van der Waals surface area contributed by atoms with Crippen LogP contribution >= 0.6 is 12.4 Å². The molecule has 0 aliphatic heterocycles. The van der Waals surface area contributed by atoms with Gasteiger partial charge in [-0.3, -0.25) is 4.79 Å². The Morgan fingerprint density at radius 2 is 1.92 bits per heavy atom. The van der Waals surface area contributed by atoms with Crippen LogP contribution in [-0.2, 0) is 4.79 Å². The molecule has 0 heterocycles. The van der Waals surface area contributed by atoms with Gasteiger partial charge in [0.2, 0.25) is 5.91 Å². The lowest BCUT2D eigenvalue weighted by atomic mass is 9.94. The van der Waals surface area contributed by atoms with Crippen molar-refractivity contribution in [2.75, 3.05) is 13.6 Å². The number of halogens is 1. The van der Waals surface area contributed by atoms with Crippen LogP contribution in [0.5, 0.6) is 0 Å². The monoisotopic (exact) mass is 206 g/mol. The standard InChI is InChI=1S/C9H18N2O.ClH/c1-11(9(12)7-10)8-5-3-2-4-6-8;/h8H,2-7,10H2,1H3;1H. The molecule has 4 heteroatoms. The molecule has 0 aromatic heterocycles. The second-order valence-corrected chi connectivity index (χ2v) is 3.50. The van der Waals surface area contributed by atoms with Crippen LogP contribution in [0, 0.1) is 0 Å². The van der Waals surface area contributed by atoms with Crippen molar-refractivity contribution >= 4 is 18.3 Å². The van der Waals surface area contributed by atoms with Crippen LogP contribution in [0.3, 0.4) is 0 Å². The number of nitrogens with zero attached hydrogens (tertiary/aromatic N) is 1. The Labute approximate surface area is 86.1 Å². The molecule has 1 aliphatic carbocycles. The molecule has 1 aliphatic rings. The Bertz CT molecular complexity index is 158. The predicted molar refractivity (Wildman–Crippen MR) is 55.9 cm³/mol. The maximum atomic E-state index is 11.2. The van der Waals surface area contributed by atoms with Crippen LogP contribution in [0.2, 0.25) is 0 Å². The number of hydrogen-bond donors (Lipinski definition) is 1. The summed E-state index contributed by atoms with van der Waals surface area (Å²) in [5, 5.41) is 0.